The van der Waals surface area contributed by atoms with Crippen LogP contribution in [0, 0.1) is 0 Å². The highest BCUT2D eigenvalue weighted by molar-refractivity contribution is 5.55. The zero-order valence-corrected chi connectivity index (χ0v) is 12.0. The zero-order valence-electron chi connectivity index (χ0n) is 12.0. The first-order valence-corrected chi connectivity index (χ1v) is 7.00. The summed E-state index contributed by atoms with van der Waals surface area (Å²) in [7, 11) is 4.06. The van der Waals surface area contributed by atoms with Gasteiger partial charge in [-0.3, -0.25) is 0 Å². The molecule has 1 heterocycles. The fourth-order valence-corrected chi connectivity index (χ4v) is 2.59. The molecule has 0 atom stereocenters. The van der Waals surface area contributed by atoms with E-state index in [0.29, 0.717) is 0 Å². The first-order chi connectivity index (χ1) is 9.76. The molecule has 0 saturated heterocycles. The molecule has 0 spiro atoms. The van der Waals surface area contributed by atoms with E-state index >= 15 is 0 Å². The van der Waals surface area contributed by atoms with Gasteiger partial charge in [0.15, 0.2) is 0 Å². The molecule has 104 valence electrons. The Labute approximate surface area is 120 Å². The van der Waals surface area contributed by atoms with E-state index in [9.17, 15) is 0 Å². The molecule has 3 heteroatoms. The second-order valence-electron chi connectivity index (χ2n) is 5.19. The van der Waals surface area contributed by atoms with E-state index in [1.165, 1.54) is 16.8 Å². The van der Waals surface area contributed by atoms with Gasteiger partial charge in [-0.1, -0.05) is 12.1 Å². The summed E-state index contributed by atoms with van der Waals surface area (Å²) in [6.07, 6.45) is 1.03. The predicted molar refractivity (Wildman–Crippen MR) is 83.7 cm³/mol. The van der Waals surface area contributed by atoms with Crippen LogP contribution < -0.4 is 15.0 Å². The van der Waals surface area contributed by atoms with Crippen LogP contribution in [0.4, 0.5) is 11.4 Å². The van der Waals surface area contributed by atoms with Crippen LogP contribution in [-0.4, -0.2) is 20.7 Å². The van der Waals surface area contributed by atoms with E-state index in [2.05, 4.69) is 59.7 Å². The molecule has 0 fully saturated rings. The Morgan fingerprint density at radius 2 is 1.95 bits per heavy atom. The van der Waals surface area contributed by atoms with E-state index in [1.54, 1.807) is 0 Å². The highest BCUT2D eigenvalue weighted by Gasteiger charge is 2.12. The number of anilines is 2. The molecule has 2 aromatic carbocycles. The maximum absolute atomic E-state index is 5.55. The molecule has 2 aromatic rings. The fraction of sp³-hybridized carbons (Fsp3) is 0.294. The molecular formula is C17H20N2O. The molecule has 0 radical (unpaired) electrons. The minimum Gasteiger partial charge on any atom is -0.493 e. The van der Waals surface area contributed by atoms with Crippen molar-refractivity contribution in [2.75, 3.05) is 30.9 Å². The molecule has 0 saturated carbocycles. The van der Waals surface area contributed by atoms with Crippen molar-refractivity contribution >= 4 is 11.4 Å². The second kappa shape index (κ2) is 5.45. The van der Waals surface area contributed by atoms with Gasteiger partial charge in [0.1, 0.15) is 5.75 Å². The van der Waals surface area contributed by atoms with Crippen molar-refractivity contribution in [3.8, 4) is 5.75 Å². The Hall–Kier alpha value is -2.16. The van der Waals surface area contributed by atoms with Crippen LogP contribution in [0.25, 0.3) is 0 Å². The van der Waals surface area contributed by atoms with Gasteiger partial charge in [-0.25, -0.2) is 0 Å². The molecule has 20 heavy (non-hydrogen) atoms. The van der Waals surface area contributed by atoms with Gasteiger partial charge in [-0.05, 0) is 41.5 Å². The third-order valence-corrected chi connectivity index (χ3v) is 3.77. The van der Waals surface area contributed by atoms with Crippen LogP contribution in [0.5, 0.6) is 5.75 Å². The first kappa shape index (κ1) is 12.9. The molecule has 1 aliphatic rings. The normalized spacial score (nSPS) is 12.7. The summed E-state index contributed by atoms with van der Waals surface area (Å²) in [5, 5.41) is 3.14. The Balaban J connectivity index is 1.73. The first-order valence-electron chi connectivity index (χ1n) is 7.00. The van der Waals surface area contributed by atoms with Crippen LogP contribution in [0.15, 0.2) is 42.5 Å². The average Bonchev–Trinajstić information content (AvgIpc) is 2.95. The lowest BCUT2D eigenvalue weighted by atomic mass is 10.1. The number of ether oxygens (including phenoxy) is 1. The lowest BCUT2D eigenvalue weighted by Crippen LogP contribution is -2.16. The molecular weight excluding hydrogens is 248 g/mol. The van der Waals surface area contributed by atoms with E-state index in [-0.39, 0.29) is 0 Å². The van der Waals surface area contributed by atoms with Gasteiger partial charge in [0, 0.05) is 38.4 Å². The van der Waals surface area contributed by atoms with E-state index in [1.807, 2.05) is 7.05 Å². The Morgan fingerprint density at radius 3 is 2.70 bits per heavy atom. The Kier molecular flexibility index (Phi) is 3.50. The van der Waals surface area contributed by atoms with Crippen LogP contribution in [0.2, 0.25) is 0 Å². The second-order valence-corrected chi connectivity index (χ2v) is 5.19. The maximum Gasteiger partial charge on any atom is 0.122 e. The maximum atomic E-state index is 5.55. The third-order valence-electron chi connectivity index (χ3n) is 3.77. The van der Waals surface area contributed by atoms with Gasteiger partial charge in [0.2, 0.25) is 0 Å². The van der Waals surface area contributed by atoms with Crippen LogP contribution in [-0.2, 0) is 13.0 Å². The van der Waals surface area contributed by atoms with Gasteiger partial charge < -0.3 is 15.0 Å². The Bertz CT molecular complexity index is 592. The lowest BCUT2D eigenvalue weighted by Gasteiger charge is -2.20. The summed E-state index contributed by atoms with van der Waals surface area (Å²) in [5.74, 6) is 1.05. The molecule has 1 aliphatic heterocycles. The van der Waals surface area contributed by atoms with Gasteiger partial charge >= 0.3 is 0 Å². The summed E-state index contributed by atoms with van der Waals surface area (Å²) in [6.45, 7) is 1.73. The van der Waals surface area contributed by atoms with E-state index in [4.69, 9.17) is 4.74 Å². The highest BCUT2D eigenvalue weighted by Crippen LogP contribution is 2.27. The summed E-state index contributed by atoms with van der Waals surface area (Å²) >= 11 is 0. The monoisotopic (exact) mass is 268 g/mol. The van der Waals surface area contributed by atoms with Gasteiger partial charge in [-0.2, -0.15) is 0 Å². The average molecular weight is 268 g/mol. The van der Waals surface area contributed by atoms with E-state index in [0.717, 1.165) is 31.0 Å². The van der Waals surface area contributed by atoms with Crippen molar-refractivity contribution in [2.45, 2.75) is 13.0 Å². The predicted octanol–water partition coefficient (Wildman–Crippen LogP) is 3.30. The molecule has 3 nitrogen and oxygen atoms in total. The standard InChI is InChI=1S/C17H20N2O/c1-18-15-4-6-16(7-5-15)19(2)12-13-3-8-17-14(11-13)9-10-20-17/h3-8,11,18H,9-10,12H2,1-2H3. The van der Waals surface area contributed by atoms with E-state index < -0.39 is 0 Å². The largest absolute Gasteiger partial charge is 0.493 e. The number of hydrogen-bond acceptors (Lipinski definition) is 3. The fourth-order valence-electron chi connectivity index (χ4n) is 2.59. The zero-order chi connectivity index (χ0) is 13.9. The van der Waals surface area contributed by atoms with Gasteiger partial charge in [0.05, 0.1) is 6.61 Å². The number of fused-ring (bicyclic) bond motifs is 1. The summed E-state index contributed by atoms with van der Waals surface area (Å²) < 4.78 is 5.55. The number of nitrogens with zero attached hydrogens (tertiary/aromatic N) is 1. The molecule has 1 N–H and O–H groups in total. The van der Waals surface area contributed by atoms with Gasteiger partial charge in [0.25, 0.3) is 0 Å². The van der Waals surface area contributed by atoms with Crippen molar-refractivity contribution < 1.29 is 4.74 Å². The number of hydrogen-bond donors (Lipinski definition) is 1. The topological polar surface area (TPSA) is 24.5 Å². The SMILES string of the molecule is CNc1ccc(N(C)Cc2ccc3c(c2)CCO3)cc1. The van der Waals surface area contributed by atoms with Crippen LogP contribution >= 0.6 is 0 Å². The molecule has 0 unspecified atom stereocenters. The molecule has 0 aromatic heterocycles. The quantitative estimate of drug-likeness (QED) is 0.920. The summed E-state index contributed by atoms with van der Waals surface area (Å²) in [6, 6.07) is 15.0. The number of nitrogens with one attached hydrogen (secondary N) is 1. The van der Waals surface area contributed by atoms with Crippen molar-refractivity contribution in [1.82, 2.24) is 0 Å². The number of benzene rings is 2. The summed E-state index contributed by atoms with van der Waals surface area (Å²) in [5.41, 5.74) is 5.02. The summed E-state index contributed by atoms with van der Waals surface area (Å²) in [4.78, 5) is 2.26. The third kappa shape index (κ3) is 2.57. The van der Waals surface area contributed by atoms with Crippen molar-refractivity contribution in [2.24, 2.45) is 0 Å². The van der Waals surface area contributed by atoms with Crippen molar-refractivity contribution in [1.29, 1.82) is 0 Å². The lowest BCUT2D eigenvalue weighted by molar-refractivity contribution is 0.357. The van der Waals surface area contributed by atoms with Crippen LogP contribution in [0.3, 0.4) is 0 Å². The molecule has 0 amide bonds. The van der Waals surface area contributed by atoms with Crippen molar-refractivity contribution in [3.05, 3.63) is 53.6 Å². The molecule has 0 aliphatic carbocycles. The number of rotatable bonds is 4. The highest BCUT2D eigenvalue weighted by atomic mass is 16.5. The minimum absolute atomic E-state index is 0.820. The molecule has 0 bridgehead atoms. The van der Waals surface area contributed by atoms with Gasteiger partial charge in [-0.15, -0.1) is 0 Å². The smallest absolute Gasteiger partial charge is 0.122 e. The van der Waals surface area contributed by atoms with Crippen LogP contribution in [0.1, 0.15) is 11.1 Å². The Morgan fingerprint density at radius 1 is 1.15 bits per heavy atom. The van der Waals surface area contributed by atoms with Crippen molar-refractivity contribution in [3.63, 3.8) is 0 Å². The molecule has 3 rings (SSSR count). The minimum atomic E-state index is 0.820.